The van der Waals surface area contributed by atoms with Crippen molar-refractivity contribution in [3.8, 4) is 23.1 Å². The summed E-state index contributed by atoms with van der Waals surface area (Å²) >= 11 is 0. The van der Waals surface area contributed by atoms with E-state index in [0.717, 1.165) is 57.2 Å². The predicted molar refractivity (Wildman–Crippen MR) is 274 cm³/mol. The number of piperazine rings is 1. The number of benzene rings is 2. The van der Waals surface area contributed by atoms with Gasteiger partial charge in [-0.3, -0.25) is 19.9 Å². The lowest BCUT2D eigenvalue weighted by Gasteiger charge is -2.47. The monoisotopic (exact) mass is 1180 g/mol. The molecule has 0 radical (unpaired) electrons. The molecule has 4 amide bonds. The summed E-state index contributed by atoms with van der Waals surface area (Å²) in [6.07, 6.45) is -13.0. The van der Waals surface area contributed by atoms with E-state index in [0.29, 0.717) is 74.1 Å². The molecule has 4 saturated heterocycles. The predicted octanol–water partition coefficient (Wildman–Crippen LogP) is 6.30. The number of pyridine rings is 1. The molecular formula is C54H60F10N10O9. The zero-order valence-electron chi connectivity index (χ0n) is 45.0. The third-order valence-electron chi connectivity index (χ3n) is 15.3. The maximum atomic E-state index is 16.1. The van der Waals surface area contributed by atoms with Crippen LogP contribution in [0.1, 0.15) is 69.3 Å². The number of anilines is 1. The fourth-order valence-corrected chi connectivity index (χ4v) is 10.0. The summed E-state index contributed by atoms with van der Waals surface area (Å²) in [5.41, 5.74) is -4.71. The molecule has 0 saturated carbocycles. The minimum atomic E-state index is -5.29. The number of aliphatic hydroxyl groups excluding tert-OH is 1. The average molecular weight is 1180 g/mol. The Labute approximate surface area is 468 Å². The van der Waals surface area contributed by atoms with E-state index in [4.69, 9.17) is 14.2 Å². The summed E-state index contributed by atoms with van der Waals surface area (Å²) in [6, 6.07) is 6.29. The number of aliphatic hydroxyl groups is 1. The van der Waals surface area contributed by atoms with Crippen LogP contribution in [0.15, 0.2) is 67.0 Å². The van der Waals surface area contributed by atoms with Gasteiger partial charge < -0.3 is 45.3 Å². The molecule has 6 N–H and O–H groups in total. The second-order valence-corrected chi connectivity index (χ2v) is 21.9. The Hall–Kier alpha value is -7.26. The second kappa shape index (κ2) is 24.9. The van der Waals surface area contributed by atoms with Gasteiger partial charge in [0.2, 0.25) is 5.91 Å². The molecule has 4 aliphatic rings. The van der Waals surface area contributed by atoms with Gasteiger partial charge in [-0.05, 0) is 95.0 Å². The molecule has 19 nitrogen and oxygen atoms in total. The molecule has 0 aliphatic carbocycles. The molecule has 450 valence electrons. The van der Waals surface area contributed by atoms with Crippen molar-refractivity contribution in [1.82, 2.24) is 46.0 Å². The zero-order valence-corrected chi connectivity index (χ0v) is 45.0. The van der Waals surface area contributed by atoms with Gasteiger partial charge in [0.1, 0.15) is 29.5 Å². The van der Waals surface area contributed by atoms with E-state index in [-0.39, 0.29) is 34.7 Å². The molecular weight excluding hydrogens is 1120 g/mol. The van der Waals surface area contributed by atoms with E-state index in [1.165, 1.54) is 29.6 Å². The first-order valence-corrected chi connectivity index (χ1v) is 26.2. The molecule has 2 bridgehead atoms. The van der Waals surface area contributed by atoms with Crippen LogP contribution in [-0.2, 0) is 36.8 Å². The number of carboxylic acid groups (broad SMARTS) is 1. The number of amides is 4. The lowest BCUT2D eigenvalue weighted by molar-refractivity contribution is -0.221. The Morgan fingerprint density at radius 2 is 1.36 bits per heavy atom. The van der Waals surface area contributed by atoms with E-state index in [2.05, 4.69) is 37.0 Å². The Morgan fingerprint density at radius 3 is 1.87 bits per heavy atom. The number of alkyl halides is 8. The summed E-state index contributed by atoms with van der Waals surface area (Å²) in [7, 11) is 0. The Balaban J connectivity index is 1.08. The maximum Gasteiger partial charge on any atom is 0.408 e. The van der Waals surface area contributed by atoms with E-state index in [1.54, 1.807) is 6.20 Å². The van der Waals surface area contributed by atoms with Crippen LogP contribution in [0.2, 0.25) is 0 Å². The van der Waals surface area contributed by atoms with Gasteiger partial charge in [0.25, 0.3) is 5.91 Å². The smallest absolute Gasteiger partial charge is 0.408 e. The SMILES string of the molecule is CC(C)(C(NC(=O)O)C(=O)NN(Cc1c(F)cc(-c2ccn(C(F)F)n2)cc1F)CC(O)C(Cc1ccc(C#Cc2ccc(N3CC4CCC(C3)N4C3COC3)nc2)cc1)NC(=O)C(NC(=O)OC1COC1)C(C)(C)C(F)(F)F)C(F)(F)F. The largest absolute Gasteiger partial charge is 0.465 e. The highest BCUT2D eigenvalue weighted by Gasteiger charge is 2.57. The van der Waals surface area contributed by atoms with Crippen LogP contribution in [-0.4, -0.2) is 166 Å². The van der Waals surface area contributed by atoms with Gasteiger partial charge in [0.05, 0.1) is 61.1 Å². The quantitative estimate of drug-likeness (QED) is 0.0325. The highest BCUT2D eigenvalue weighted by molar-refractivity contribution is 5.87. The number of rotatable bonds is 20. The molecule has 6 unspecified atom stereocenters. The molecule has 6 atom stereocenters. The van der Waals surface area contributed by atoms with Crippen molar-refractivity contribution in [2.75, 3.05) is 51.0 Å². The maximum absolute atomic E-state index is 16.1. The number of nitrogens with one attached hydrogen (secondary N) is 4. The summed E-state index contributed by atoms with van der Waals surface area (Å²) in [5.74, 6) is 0.612. The summed E-state index contributed by atoms with van der Waals surface area (Å²) in [5, 5.41) is 31.4. The van der Waals surface area contributed by atoms with Crippen molar-refractivity contribution in [1.29, 1.82) is 0 Å². The van der Waals surface area contributed by atoms with Crippen LogP contribution in [0.25, 0.3) is 11.3 Å². The third kappa shape index (κ3) is 14.4. The number of ether oxygens (including phenoxy) is 3. The average Bonchev–Trinajstić information content (AvgIpc) is 2.88. The number of aromatic nitrogens is 3. The van der Waals surface area contributed by atoms with Gasteiger partial charge >= 0.3 is 31.1 Å². The van der Waals surface area contributed by atoms with Crippen LogP contribution in [0, 0.1) is 34.3 Å². The third-order valence-corrected chi connectivity index (χ3v) is 15.3. The van der Waals surface area contributed by atoms with Crippen molar-refractivity contribution in [2.45, 2.75) is 121 Å². The number of hydrazine groups is 1. The van der Waals surface area contributed by atoms with E-state index in [9.17, 15) is 64.5 Å². The van der Waals surface area contributed by atoms with Crippen LogP contribution in [0.5, 0.6) is 0 Å². The highest BCUT2D eigenvalue weighted by atomic mass is 19.4. The van der Waals surface area contributed by atoms with E-state index < -0.39 is 121 Å². The molecule has 4 fully saturated rings. The molecule has 29 heteroatoms. The van der Waals surface area contributed by atoms with Crippen LogP contribution >= 0.6 is 0 Å². The molecule has 0 spiro atoms. The van der Waals surface area contributed by atoms with Crippen molar-refractivity contribution in [3.63, 3.8) is 0 Å². The van der Waals surface area contributed by atoms with Crippen LogP contribution in [0.3, 0.4) is 0 Å². The number of nitrogens with zero attached hydrogens (tertiary/aromatic N) is 6. The standard InChI is InChI=1S/C54H60F10N10O9/c1-51(2,53(59,60)61)44(68-50(80)83-36-27-82-28-36)46(76)66-41(17-30-8-5-29(6-9-30)7-10-31-11-14-43(65-20-31)71-21-33-12-13-34(22-71)74(33)35-25-81-26-35)42(75)24-72(70-47(77)45(67-49(78)79)52(3,4)54(62,63)64)23-37-38(55)18-32(19-39(37)56)40-15-16-73(69-40)48(57)58/h5-6,8-9,11,14-16,18-20,33-36,41-42,44-45,48,67,75H,12-13,17,21-28H2,1-4H3,(H,66,76)(H,68,80)(H,70,77)(H,78,79). The lowest BCUT2D eigenvalue weighted by atomic mass is 9.82. The fraction of sp³-hybridized carbons (Fsp3) is 0.519. The molecule has 4 aliphatic heterocycles. The highest BCUT2D eigenvalue weighted by Crippen LogP contribution is 2.42. The molecule has 6 heterocycles. The van der Waals surface area contributed by atoms with Gasteiger partial charge in [0, 0.05) is 72.9 Å². The number of alkyl carbamates (subject to hydrolysis) is 1. The van der Waals surface area contributed by atoms with E-state index >= 15 is 8.78 Å². The van der Waals surface area contributed by atoms with Gasteiger partial charge in [-0.25, -0.2) is 33.0 Å². The van der Waals surface area contributed by atoms with Crippen molar-refractivity contribution < 1.29 is 87.5 Å². The number of fused-ring (bicyclic) bond motifs is 2. The number of hydrogen-bond donors (Lipinski definition) is 6. The Kier molecular flexibility index (Phi) is 18.5. The summed E-state index contributed by atoms with van der Waals surface area (Å²) in [6.45, 7) is -0.393. The Morgan fingerprint density at radius 1 is 0.783 bits per heavy atom. The summed E-state index contributed by atoms with van der Waals surface area (Å²) < 4.78 is 162. The van der Waals surface area contributed by atoms with Crippen LogP contribution < -0.4 is 26.3 Å². The van der Waals surface area contributed by atoms with Gasteiger partial charge in [-0.2, -0.15) is 40.2 Å². The zero-order chi connectivity index (χ0) is 60.3. The number of halogens is 10. The topological polar surface area (TPSA) is 225 Å². The van der Waals surface area contributed by atoms with E-state index in [1.807, 2.05) is 22.9 Å². The number of carbonyl (C=O) groups excluding carboxylic acids is 3. The number of carbonyl (C=O) groups is 4. The minimum Gasteiger partial charge on any atom is -0.465 e. The molecule has 4 aromatic rings. The minimum absolute atomic E-state index is 0.0928. The first-order chi connectivity index (χ1) is 39.0. The van der Waals surface area contributed by atoms with Crippen LogP contribution in [0.4, 0.5) is 59.3 Å². The molecule has 2 aromatic carbocycles. The molecule has 2 aromatic heterocycles. The Bertz CT molecular complexity index is 3000. The normalized spacial score (nSPS) is 19.4. The summed E-state index contributed by atoms with van der Waals surface area (Å²) in [4.78, 5) is 62.5. The van der Waals surface area contributed by atoms with Crippen molar-refractivity contribution in [2.24, 2.45) is 10.8 Å². The van der Waals surface area contributed by atoms with Crippen molar-refractivity contribution >= 4 is 29.8 Å². The fourth-order valence-electron chi connectivity index (χ4n) is 10.0. The lowest BCUT2D eigenvalue weighted by Crippen LogP contribution is -2.64. The molecule has 8 rings (SSSR count). The first kappa shape index (κ1) is 61.8. The number of hydrogen-bond acceptors (Lipinski definition) is 13. The molecule has 83 heavy (non-hydrogen) atoms. The van der Waals surface area contributed by atoms with Crippen molar-refractivity contribution in [3.05, 3.63) is 101 Å². The van der Waals surface area contributed by atoms with Gasteiger partial charge in [-0.1, -0.05) is 24.0 Å². The van der Waals surface area contributed by atoms with Gasteiger partial charge in [-0.15, -0.1) is 0 Å². The second-order valence-electron chi connectivity index (χ2n) is 21.9. The van der Waals surface area contributed by atoms with Gasteiger partial charge in [0.15, 0.2) is 6.10 Å². The first-order valence-electron chi connectivity index (χ1n) is 26.2.